The summed E-state index contributed by atoms with van der Waals surface area (Å²) in [5.41, 5.74) is 3.64. The fourth-order valence-electron chi connectivity index (χ4n) is 2.06. The van der Waals surface area contributed by atoms with Crippen LogP contribution in [0.4, 0.5) is 0 Å². The Kier molecular flexibility index (Phi) is 4.44. The Balaban J connectivity index is 2.42. The van der Waals surface area contributed by atoms with Gasteiger partial charge in [0.05, 0.1) is 6.04 Å². The number of benzene rings is 2. The first kappa shape index (κ1) is 13.6. The molecule has 2 aromatic rings. The minimum atomic E-state index is 0.162. The highest BCUT2D eigenvalue weighted by Crippen LogP contribution is 2.27. The monoisotopic (exact) mass is 323 g/mol. The van der Waals surface area contributed by atoms with Crippen LogP contribution in [0.25, 0.3) is 0 Å². The van der Waals surface area contributed by atoms with E-state index in [1.807, 2.05) is 25.2 Å². The van der Waals surface area contributed by atoms with Gasteiger partial charge < -0.3 is 5.32 Å². The van der Waals surface area contributed by atoms with Crippen LogP contribution in [0.2, 0.25) is 5.02 Å². The first-order valence-electron chi connectivity index (χ1n) is 5.80. The van der Waals surface area contributed by atoms with E-state index >= 15 is 0 Å². The van der Waals surface area contributed by atoms with Crippen LogP contribution in [0.3, 0.4) is 0 Å². The van der Waals surface area contributed by atoms with Crippen molar-refractivity contribution in [3.63, 3.8) is 0 Å². The predicted octanol–water partition coefficient (Wildman–Crippen LogP) is 4.72. The second-order valence-electron chi connectivity index (χ2n) is 4.29. The van der Waals surface area contributed by atoms with Gasteiger partial charge in [-0.05, 0) is 48.9 Å². The number of hydrogen-bond donors (Lipinski definition) is 1. The van der Waals surface area contributed by atoms with Crippen LogP contribution in [0, 0.1) is 6.92 Å². The number of nitrogens with one attached hydrogen (secondary N) is 1. The molecule has 1 nitrogen and oxygen atoms in total. The maximum atomic E-state index is 6.05. The van der Waals surface area contributed by atoms with Crippen LogP contribution in [-0.4, -0.2) is 7.05 Å². The van der Waals surface area contributed by atoms with Crippen molar-refractivity contribution in [3.05, 3.63) is 68.7 Å². The lowest BCUT2D eigenvalue weighted by Crippen LogP contribution is -2.17. The van der Waals surface area contributed by atoms with Crippen molar-refractivity contribution in [1.82, 2.24) is 5.32 Å². The third-order valence-electron chi connectivity index (χ3n) is 2.99. The zero-order valence-electron chi connectivity index (χ0n) is 10.4. The van der Waals surface area contributed by atoms with Crippen LogP contribution < -0.4 is 5.32 Å². The van der Waals surface area contributed by atoms with Gasteiger partial charge in [0.15, 0.2) is 0 Å². The van der Waals surface area contributed by atoms with Crippen molar-refractivity contribution in [2.24, 2.45) is 0 Å². The fourth-order valence-corrected chi connectivity index (χ4v) is 2.50. The van der Waals surface area contributed by atoms with Gasteiger partial charge in [0.25, 0.3) is 0 Å². The lowest BCUT2D eigenvalue weighted by atomic mass is 9.97. The van der Waals surface area contributed by atoms with Crippen LogP contribution >= 0.6 is 27.5 Å². The Bertz CT molecular complexity index is 554. The molecule has 0 aromatic heterocycles. The molecule has 2 aromatic carbocycles. The first-order chi connectivity index (χ1) is 8.61. The molecule has 0 aliphatic heterocycles. The molecule has 0 amide bonds. The van der Waals surface area contributed by atoms with Crippen LogP contribution in [0.15, 0.2) is 46.9 Å². The minimum absolute atomic E-state index is 0.162. The van der Waals surface area contributed by atoms with Gasteiger partial charge >= 0.3 is 0 Å². The Morgan fingerprint density at radius 1 is 1.11 bits per heavy atom. The lowest BCUT2D eigenvalue weighted by molar-refractivity contribution is 0.691. The van der Waals surface area contributed by atoms with Gasteiger partial charge in [0, 0.05) is 9.50 Å². The molecule has 1 N–H and O–H groups in total. The van der Waals surface area contributed by atoms with Crippen molar-refractivity contribution < 1.29 is 0 Å². The average Bonchev–Trinajstić information content (AvgIpc) is 2.35. The van der Waals surface area contributed by atoms with Gasteiger partial charge in [0.1, 0.15) is 0 Å². The van der Waals surface area contributed by atoms with E-state index in [4.69, 9.17) is 11.6 Å². The third kappa shape index (κ3) is 2.94. The van der Waals surface area contributed by atoms with Crippen molar-refractivity contribution in [2.75, 3.05) is 7.05 Å². The van der Waals surface area contributed by atoms with Crippen LogP contribution in [-0.2, 0) is 0 Å². The van der Waals surface area contributed by atoms with Gasteiger partial charge in [0.2, 0.25) is 0 Å². The van der Waals surface area contributed by atoms with E-state index in [9.17, 15) is 0 Å². The van der Waals surface area contributed by atoms with E-state index in [2.05, 4.69) is 52.4 Å². The van der Waals surface area contributed by atoms with E-state index < -0.39 is 0 Å². The normalized spacial score (nSPS) is 12.4. The summed E-state index contributed by atoms with van der Waals surface area (Å²) in [5, 5.41) is 4.10. The molecule has 0 aliphatic carbocycles. The van der Waals surface area contributed by atoms with E-state index in [0.29, 0.717) is 0 Å². The second kappa shape index (κ2) is 5.87. The molecule has 0 aliphatic rings. The molecule has 18 heavy (non-hydrogen) atoms. The zero-order valence-corrected chi connectivity index (χ0v) is 12.7. The SMILES string of the molecule is CNC(c1cccc(Cl)c1)c1ccc(Br)c(C)c1. The predicted molar refractivity (Wildman–Crippen MR) is 81.2 cm³/mol. The minimum Gasteiger partial charge on any atom is -0.309 e. The molecular formula is C15H15BrClN. The maximum absolute atomic E-state index is 6.05. The van der Waals surface area contributed by atoms with Crippen LogP contribution in [0.5, 0.6) is 0 Å². The van der Waals surface area contributed by atoms with Gasteiger partial charge in [-0.25, -0.2) is 0 Å². The van der Waals surface area contributed by atoms with E-state index in [1.54, 1.807) is 0 Å². The molecule has 0 heterocycles. The highest BCUT2D eigenvalue weighted by Gasteiger charge is 2.12. The largest absolute Gasteiger partial charge is 0.309 e. The lowest BCUT2D eigenvalue weighted by Gasteiger charge is -2.18. The Morgan fingerprint density at radius 2 is 1.83 bits per heavy atom. The quantitative estimate of drug-likeness (QED) is 0.861. The molecule has 3 heteroatoms. The summed E-state index contributed by atoms with van der Waals surface area (Å²) in [5.74, 6) is 0. The van der Waals surface area contributed by atoms with Gasteiger partial charge in [-0.3, -0.25) is 0 Å². The molecule has 0 saturated carbocycles. The number of rotatable bonds is 3. The Labute approximate surface area is 121 Å². The standard InChI is InChI=1S/C15H15BrClN/c1-10-8-12(6-7-14(10)16)15(18-2)11-4-3-5-13(17)9-11/h3-9,15,18H,1-2H3. The van der Waals surface area contributed by atoms with E-state index in [-0.39, 0.29) is 6.04 Å². The van der Waals surface area contributed by atoms with Gasteiger partial charge in [-0.2, -0.15) is 0 Å². The molecule has 0 saturated heterocycles. The number of hydrogen-bond acceptors (Lipinski definition) is 1. The summed E-state index contributed by atoms with van der Waals surface area (Å²) >= 11 is 9.58. The molecule has 0 fully saturated rings. The molecule has 2 rings (SSSR count). The summed E-state index contributed by atoms with van der Waals surface area (Å²) < 4.78 is 1.13. The molecular weight excluding hydrogens is 310 g/mol. The van der Waals surface area contributed by atoms with Crippen LogP contribution in [0.1, 0.15) is 22.7 Å². The second-order valence-corrected chi connectivity index (χ2v) is 5.58. The third-order valence-corrected chi connectivity index (χ3v) is 4.11. The van der Waals surface area contributed by atoms with Crippen molar-refractivity contribution in [2.45, 2.75) is 13.0 Å². The number of aryl methyl sites for hydroxylation is 1. The summed E-state index contributed by atoms with van der Waals surface area (Å²) in [6, 6.07) is 14.5. The fraction of sp³-hybridized carbons (Fsp3) is 0.200. The molecule has 1 unspecified atom stereocenters. The highest BCUT2D eigenvalue weighted by molar-refractivity contribution is 9.10. The highest BCUT2D eigenvalue weighted by atomic mass is 79.9. The maximum Gasteiger partial charge on any atom is 0.0574 e. The molecule has 94 valence electrons. The smallest absolute Gasteiger partial charge is 0.0574 e. The Morgan fingerprint density at radius 3 is 2.44 bits per heavy atom. The van der Waals surface area contributed by atoms with Gasteiger partial charge in [-0.15, -0.1) is 0 Å². The van der Waals surface area contributed by atoms with Crippen molar-refractivity contribution >= 4 is 27.5 Å². The Hall–Kier alpha value is -0.830. The van der Waals surface area contributed by atoms with Gasteiger partial charge in [-0.1, -0.05) is 51.8 Å². The summed E-state index contributed by atoms with van der Waals surface area (Å²) in [4.78, 5) is 0. The molecule has 0 radical (unpaired) electrons. The van der Waals surface area contributed by atoms with E-state index in [1.165, 1.54) is 16.7 Å². The molecule has 0 bridgehead atoms. The van der Waals surface area contributed by atoms with Crippen molar-refractivity contribution in [3.8, 4) is 0 Å². The summed E-state index contributed by atoms with van der Waals surface area (Å²) in [6.07, 6.45) is 0. The number of halogens is 2. The topological polar surface area (TPSA) is 12.0 Å². The summed E-state index contributed by atoms with van der Waals surface area (Å²) in [6.45, 7) is 2.10. The average molecular weight is 325 g/mol. The first-order valence-corrected chi connectivity index (χ1v) is 6.97. The van der Waals surface area contributed by atoms with Crippen molar-refractivity contribution in [1.29, 1.82) is 0 Å². The molecule has 0 spiro atoms. The van der Waals surface area contributed by atoms with E-state index in [0.717, 1.165) is 9.50 Å². The summed E-state index contributed by atoms with van der Waals surface area (Å²) in [7, 11) is 1.96. The molecule has 1 atom stereocenters. The zero-order chi connectivity index (χ0) is 13.1.